The molecule has 90 valence electrons. The lowest BCUT2D eigenvalue weighted by Gasteiger charge is -2.24. The van der Waals surface area contributed by atoms with Gasteiger partial charge in [-0.3, -0.25) is 0 Å². The van der Waals surface area contributed by atoms with Gasteiger partial charge in [-0.15, -0.1) is 0 Å². The average molecular weight is 221 g/mol. The molecule has 1 N–H and O–H groups in total. The van der Waals surface area contributed by atoms with Gasteiger partial charge in [0, 0.05) is 11.7 Å². The van der Waals surface area contributed by atoms with Crippen molar-refractivity contribution < 1.29 is 0 Å². The lowest BCUT2D eigenvalue weighted by atomic mass is 9.98. The lowest BCUT2D eigenvalue weighted by Crippen LogP contribution is -2.25. The highest BCUT2D eigenvalue weighted by atomic mass is 15.1. The first kappa shape index (κ1) is 11.6. The third kappa shape index (κ3) is 2.14. The summed E-state index contributed by atoms with van der Waals surface area (Å²) < 4.78 is 2.40. The molecule has 1 aromatic rings. The molecule has 0 saturated heterocycles. The van der Waals surface area contributed by atoms with E-state index in [1.54, 1.807) is 0 Å². The molecule has 0 aromatic carbocycles. The van der Waals surface area contributed by atoms with Crippen molar-refractivity contribution in [3.8, 4) is 0 Å². The molecule has 1 heterocycles. The van der Waals surface area contributed by atoms with Crippen LogP contribution in [0, 0.1) is 5.92 Å². The zero-order valence-electron chi connectivity index (χ0n) is 10.7. The maximum absolute atomic E-state index is 4.56. The number of imidazole rings is 1. The molecule has 1 aliphatic carbocycles. The normalized spacial score (nSPS) is 19.2. The highest BCUT2D eigenvalue weighted by Crippen LogP contribution is 2.26. The molecule has 1 aliphatic rings. The standard InChI is InChI=1S/C13H23N3/c1-10(8-14-3)11(2)16-9-15-12-6-4-5-7-13(12)16/h9-11,14H,4-8H2,1-3H3. The number of hydrogen-bond donors (Lipinski definition) is 1. The number of nitrogens with one attached hydrogen (secondary N) is 1. The Bertz CT molecular complexity index is 343. The van der Waals surface area contributed by atoms with Gasteiger partial charge in [-0.2, -0.15) is 0 Å². The summed E-state index contributed by atoms with van der Waals surface area (Å²) >= 11 is 0. The average Bonchev–Trinajstić information content (AvgIpc) is 2.72. The van der Waals surface area contributed by atoms with Crippen LogP contribution in [0.25, 0.3) is 0 Å². The predicted octanol–water partition coefficient (Wildman–Crippen LogP) is 2.18. The molecule has 0 aliphatic heterocycles. The first-order valence-corrected chi connectivity index (χ1v) is 6.43. The third-order valence-electron chi connectivity index (χ3n) is 3.85. The van der Waals surface area contributed by atoms with E-state index in [1.807, 2.05) is 13.4 Å². The molecule has 0 bridgehead atoms. The van der Waals surface area contributed by atoms with Crippen molar-refractivity contribution in [2.45, 2.75) is 45.6 Å². The van der Waals surface area contributed by atoms with Crippen molar-refractivity contribution in [2.75, 3.05) is 13.6 Å². The molecule has 0 radical (unpaired) electrons. The van der Waals surface area contributed by atoms with Crippen molar-refractivity contribution in [1.82, 2.24) is 14.9 Å². The smallest absolute Gasteiger partial charge is 0.0954 e. The molecule has 2 rings (SSSR count). The Hall–Kier alpha value is -0.830. The second kappa shape index (κ2) is 5.00. The monoisotopic (exact) mass is 221 g/mol. The van der Waals surface area contributed by atoms with Gasteiger partial charge < -0.3 is 9.88 Å². The van der Waals surface area contributed by atoms with Crippen LogP contribution in [-0.4, -0.2) is 23.1 Å². The minimum Gasteiger partial charge on any atom is -0.331 e. The second-order valence-corrected chi connectivity index (χ2v) is 5.03. The number of nitrogens with zero attached hydrogens (tertiary/aromatic N) is 2. The van der Waals surface area contributed by atoms with E-state index in [-0.39, 0.29) is 0 Å². The summed E-state index contributed by atoms with van der Waals surface area (Å²) in [4.78, 5) is 4.56. The summed E-state index contributed by atoms with van der Waals surface area (Å²) in [5, 5.41) is 3.26. The minimum atomic E-state index is 0.543. The number of rotatable bonds is 4. The Morgan fingerprint density at radius 3 is 2.88 bits per heavy atom. The molecule has 0 fully saturated rings. The SMILES string of the molecule is CNCC(C)C(C)n1cnc2c1CCCC2. The highest BCUT2D eigenvalue weighted by molar-refractivity contribution is 5.17. The molecule has 3 nitrogen and oxygen atoms in total. The zero-order valence-corrected chi connectivity index (χ0v) is 10.7. The minimum absolute atomic E-state index is 0.543. The molecule has 3 heteroatoms. The second-order valence-electron chi connectivity index (χ2n) is 5.03. The summed E-state index contributed by atoms with van der Waals surface area (Å²) in [6.07, 6.45) is 7.07. The summed E-state index contributed by atoms with van der Waals surface area (Å²) in [6, 6.07) is 0.543. The van der Waals surface area contributed by atoms with E-state index < -0.39 is 0 Å². The van der Waals surface area contributed by atoms with Gasteiger partial charge >= 0.3 is 0 Å². The van der Waals surface area contributed by atoms with Crippen LogP contribution in [0.5, 0.6) is 0 Å². The van der Waals surface area contributed by atoms with Gasteiger partial charge in [0.05, 0.1) is 12.0 Å². The fraction of sp³-hybridized carbons (Fsp3) is 0.769. The first-order chi connectivity index (χ1) is 7.74. The summed E-state index contributed by atoms with van der Waals surface area (Å²) in [6.45, 7) is 5.67. The lowest BCUT2D eigenvalue weighted by molar-refractivity contribution is 0.359. The highest BCUT2D eigenvalue weighted by Gasteiger charge is 2.20. The van der Waals surface area contributed by atoms with Gasteiger partial charge in [0.25, 0.3) is 0 Å². The van der Waals surface area contributed by atoms with Crippen LogP contribution in [0.1, 0.15) is 44.1 Å². The molecular formula is C13H23N3. The summed E-state index contributed by atoms with van der Waals surface area (Å²) in [7, 11) is 2.02. The van der Waals surface area contributed by atoms with Gasteiger partial charge in [-0.05, 0) is 52.1 Å². The van der Waals surface area contributed by atoms with Crippen molar-refractivity contribution in [3.05, 3.63) is 17.7 Å². The topological polar surface area (TPSA) is 29.9 Å². The Morgan fingerprint density at radius 2 is 2.12 bits per heavy atom. The Morgan fingerprint density at radius 1 is 1.38 bits per heavy atom. The van der Waals surface area contributed by atoms with E-state index in [0.29, 0.717) is 12.0 Å². The molecule has 2 unspecified atom stereocenters. The van der Waals surface area contributed by atoms with Gasteiger partial charge in [-0.25, -0.2) is 4.98 Å². The number of fused-ring (bicyclic) bond motifs is 1. The van der Waals surface area contributed by atoms with E-state index in [2.05, 4.69) is 28.7 Å². The van der Waals surface area contributed by atoms with Crippen LogP contribution in [0.2, 0.25) is 0 Å². The van der Waals surface area contributed by atoms with Gasteiger partial charge in [0.2, 0.25) is 0 Å². The fourth-order valence-electron chi connectivity index (χ4n) is 2.61. The number of hydrogen-bond acceptors (Lipinski definition) is 2. The fourth-order valence-corrected chi connectivity index (χ4v) is 2.61. The summed E-state index contributed by atoms with van der Waals surface area (Å²) in [5.74, 6) is 0.644. The molecule has 0 amide bonds. The molecule has 2 atom stereocenters. The molecular weight excluding hydrogens is 198 g/mol. The van der Waals surface area contributed by atoms with Gasteiger partial charge in [0.15, 0.2) is 0 Å². The Kier molecular flexibility index (Phi) is 3.64. The van der Waals surface area contributed by atoms with Crippen LogP contribution < -0.4 is 5.32 Å². The molecule has 0 saturated carbocycles. The largest absolute Gasteiger partial charge is 0.331 e. The van der Waals surface area contributed by atoms with Crippen LogP contribution in [0.15, 0.2) is 6.33 Å². The third-order valence-corrected chi connectivity index (χ3v) is 3.85. The van der Waals surface area contributed by atoms with Gasteiger partial charge in [-0.1, -0.05) is 6.92 Å². The first-order valence-electron chi connectivity index (χ1n) is 6.43. The quantitative estimate of drug-likeness (QED) is 0.844. The van der Waals surface area contributed by atoms with E-state index in [4.69, 9.17) is 0 Å². The zero-order chi connectivity index (χ0) is 11.5. The summed E-state index contributed by atoms with van der Waals surface area (Å²) in [5.41, 5.74) is 2.83. The molecule has 1 aromatic heterocycles. The van der Waals surface area contributed by atoms with Gasteiger partial charge in [0.1, 0.15) is 0 Å². The molecule has 16 heavy (non-hydrogen) atoms. The van der Waals surface area contributed by atoms with Crippen molar-refractivity contribution in [2.24, 2.45) is 5.92 Å². The Labute approximate surface area is 98.3 Å². The maximum atomic E-state index is 4.56. The van der Waals surface area contributed by atoms with Crippen LogP contribution in [0.3, 0.4) is 0 Å². The van der Waals surface area contributed by atoms with E-state index in [0.717, 1.165) is 6.54 Å². The van der Waals surface area contributed by atoms with Crippen LogP contribution >= 0.6 is 0 Å². The van der Waals surface area contributed by atoms with E-state index >= 15 is 0 Å². The Balaban J connectivity index is 2.16. The van der Waals surface area contributed by atoms with Crippen LogP contribution in [0.4, 0.5) is 0 Å². The van der Waals surface area contributed by atoms with Crippen LogP contribution in [-0.2, 0) is 12.8 Å². The number of aryl methyl sites for hydroxylation is 1. The van der Waals surface area contributed by atoms with E-state index in [9.17, 15) is 0 Å². The maximum Gasteiger partial charge on any atom is 0.0954 e. The predicted molar refractivity (Wildman–Crippen MR) is 66.7 cm³/mol. The van der Waals surface area contributed by atoms with Crippen molar-refractivity contribution in [1.29, 1.82) is 0 Å². The van der Waals surface area contributed by atoms with Crippen molar-refractivity contribution in [3.63, 3.8) is 0 Å². The number of aromatic nitrogens is 2. The van der Waals surface area contributed by atoms with E-state index in [1.165, 1.54) is 37.1 Å². The molecule has 0 spiro atoms. The van der Waals surface area contributed by atoms with Crippen molar-refractivity contribution >= 4 is 0 Å².